The van der Waals surface area contributed by atoms with Gasteiger partial charge in [0.1, 0.15) is 23.0 Å². The second-order valence-corrected chi connectivity index (χ2v) is 10.5. The summed E-state index contributed by atoms with van der Waals surface area (Å²) in [7, 11) is -1.23. The van der Waals surface area contributed by atoms with E-state index in [4.69, 9.17) is 4.74 Å². The molecule has 4 rings (SSSR count). The molecule has 0 saturated heterocycles. The third kappa shape index (κ3) is 5.89. The van der Waals surface area contributed by atoms with Crippen molar-refractivity contribution in [3.8, 4) is 6.01 Å². The number of nitrogens with one attached hydrogen (secondary N) is 1. The Morgan fingerprint density at radius 3 is 2.80 bits per heavy atom. The topological polar surface area (TPSA) is 115 Å². The van der Waals surface area contributed by atoms with Crippen LogP contribution in [0.5, 0.6) is 6.01 Å². The van der Waals surface area contributed by atoms with Gasteiger partial charge in [0.15, 0.2) is 5.82 Å². The third-order valence-electron chi connectivity index (χ3n) is 5.20. The number of hydrogen-bond acceptors (Lipinski definition) is 9. The zero-order valence-electron chi connectivity index (χ0n) is 19.1. The van der Waals surface area contributed by atoms with Crippen LogP contribution in [0.3, 0.4) is 0 Å². The maximum absolute atomic E-state index is 13.2. The molecular formula is C20H24F3N7O3S2. The van der Waals surface area contributed by atoms with Crippen LogP contribution in [0.1, 0.15) is 29.9 Å². The molecule has 1 N–H and O–H groups in total. The summed E-state index contributed by atoms with van der Waals surface area (Å²) < 4.78 is 57.5. The van der Waals surface area contributed by atoms with Crippen LogP contribution in [0.2, 0.25) is 0 Å². The number of aryl methyl sites for hydroxylation is 1. The molecule has 1 unspecified atom stereocenters. The number of carbonyl (C=O) groups excluding carboxylic acids is 1. The van der Waals surface area contributed by atoms with E-state index in [-0.39, 0.29) is 56.3 Å². The number of ether oxygens (including phenoxy) is 1. The van der Waals surface area contributed by atoms with Gasteiger partial charge in [0, 0.05) is 35.0 Å². The number of rotatable bonds is 9. The molecule has 35 heavy (non-hydrogen) atoms. The number of nitrogens with zero attached hydrogens (tertiary/aromatic N) is 6. The molecule has 1 aliphatic heterocycles. The van der Waals surface area contributed by atoms with E-state index in [1.807, 2.05) is 11.0 Å². The van der Waals surface area contributed by atoms with Crippen LogP contribution in [0.4, 0.5) is 19.0 Å². The minimum Gasteiger partial charge on any atom is -0.462 e. The van der Waals surface area contributed by atoms with Crippen LogP contribution in [-0.4, -0.2) is 66.6 Å². The number of anilines is 1. The molecule has 3 aromatic heterocycles. The lowest BCUT2D eigenvalue weighted by Crippen LogP contribution is -2.36. The third-order valence-corrected chi connectivity index (χ3v) is 6.95. The summed E-state index contributed by atoms with van der Waals surface area (Å²) >= 11 is 1.51. The van der Waals surface area contributed by atoms with Gasteiger partial charge in [0.2, 0.25) is 11.7 Å². The molecule has 0 aliphatic carbocycles. The van der Waals surface area contributed by atoms with Gasteiger partial charge in [-0.25, -0.2) is 0 Å². The molecule has 1 amide bonds. The first-order valence-electron chi connectivity index (χ1n) is 10.9. The van der Waals surface area contributed by atoms with Crippen molar-refractivity contribution in [2.45, 2.75) is 39.0 Å². The van der Waals surface area contributed by atoms with Gasteiger partial charge >= 0.3 is 12.2 Å². The van der Waals surface area contributed by atoms with Crippen LogP contribution < -0.4 is 15.0 Å². The minimum atomic E-state index is -4.57. The van der Waals surface area contributed by atoms with Crippen molar-refractivity contribution in [3.63, 3.8) is 0 Å². The first kappa shape index (κ1) is 25.3. The van der Waals surface area contributed by atoms with Gasteiger partial charge in [0.05, 0.1) is 18.5 Å². The Morgan fingerprint density at radius 1 is 1.29 bits per heavy atom. The van der Waals surface area contributed by atoms with Gasteiger partial charge in [-0.15, -0.1) is 21.5 Å². The van der Waals surface area contributed by atoms with Crippen molar-refractivity contribution in [1.82, 2.24) is 30.0 Å². The summed E-state index contributed by atoms with van der Waals surface area (Å²) in [6.07, 6.45) is -1.30. The van der Waals surface area contributed by atoms with Gasteiger partial charge in [0.25, 0.3) is 0 Å². The Labute approximate surface area is 205 Å². The lowest BCUT2D eigenvalue weighted by molar-refractivity contribution is -0.147. The van der Waals surface area contributed by atoms with E-state index in [0.29, 0.717) is 10.6 Å². The lowest BCUT2D eigenvalue weighted by atomic mass is 10.2. The summed E-state index contributed by atoms with van der Waals surface area (Å²) in [4.78, 5) is 24.4. The van der Waals surface area contributed by atoms with E-state index >= 15 is 0 Å². The van der Waals surface area contributed by atoms with Crippen LogP contribution in [0.15, 0.2) is 6.07 Å². The molecule has 3 aromatic rings. The van der Waals surface area contributed by atoms with Gasteiger partial charge in [-0.1, -0.05) is 13.3 Å². The quantitative estimate of drug-likeness (QED) is 0.418. The summed E-state index contributed by atoms with van der Waals surface area (Å²) in [6, 6.07) is 2.11. The minimum absolute atomic E-state index is 0.0651. The fourth-order valence-electron chi connectivity index (χ4n) is 3.73. The Hall–Kier alpha value is -2.81. The molecular weight excluding hydrogens is 507 g/mol. The average Bonchev–Trinajstić information content (AvgIpc) is 3.39. The summed E-state index contributed by atoms with van der Waals surface area (Å²) in [6.45, 7) is 2.81. The Kier molecular flexibility index (Phi) is 7.54. The van der Waals surface area contributed by atoms with Crippen LogP contribution in [0, 0.1) is 0 Å². The predicted molar refractivity (Wildman–Crippen MR) is 125 cm³/mol. The zero-order valence-corrected chi connectivity index (χ0v) is 20.7. The molecule has 0 spiro atoms. The molecule has 4 heterocycles. The summed E-state index contributed by atoms with van der Waals surface area (Å²) in [5, 5.41) is 10.5. The standard InChI is InChI=1S/C20H24F3N7O3S2/c1-3-4-12-9-13-16(29-6-7-30-14(10-29)27-28-18(30)20(21,22)23)25-19(26-17(13)34-12)33-8-5-24-15(31)11-35(2)32/h9H,3-8,10-11H2,1-2H3,(H,24,31). The van der Waals surface area contributed by atoms with E-state index in [1.165, 1.54) is 17.6 Å². The zero-order chi connectivity index (χ0) is 25.2. The molecule has 1 aliphatic rings. The van der Waals surface area contributed by atoms with Crippen molar-refractivity contribution in [1.29, 1.82) is 0 Å². The first-order chi connectivity index (χ1) is 16.7. The molecule has 0 radical (unpaired) electrons. The monoisotopic (exact) mass is 531 g/mol. The number of aromatic nitrogens is 5. The molecule has 15 heteroatoms. The number of alkyl halides is 3. The molecule has 1 atom stereocenters. The highest BCUT2D eigenvalue weighted by molar-refractivity contribution is 7.85. The predicted octanol–water partition coefficient (Wildman–Crippen LogP) is 2.15. The SMILES string of the molecule is CCCc1cc2c(N3CCn4c(nnc4C(F)(F)F)C3)nc(OCCNC(=O)CS(C)=O)nc2s1. The van der Waals surface area contributed by atoms with Crippen LogP contribution in [0.25, 0.3) is 10.2 Å². The van der Waals surface area contributed by atoms with Gasteiger partial charge in [-0.3, -0.25) is 9.00 Å². The van der Waals surface area contributed by atoms with Crippen LogP contribution >= 0.6 is 11.3 Å². The number of thiophene rings is 1. The van der Waals surface area contributed by atoms with Gasteiger partial charge < -0.3 is 19.5 Å². The van der Waals surface area contributed by atoms with E-state index in [2.05, 4.69) is 32.4 Å². The first-order valence-corrected chi connectivity index (χ1v) is 13.4. The van der Waals surface area contributed by atoms with Crippen LogP contribution in [-0.2, 0) is 41.3 Å². The molecule has 0 fully saturated rings. The smallest absolute Gasteiger partial charge is 0.451 e. The molecule has 0 saturated carbocycles. The van der Waals surface area contributed by atoms with Gasteiger partial charge in [-0.2, -0.15) is 23.1 Å². The highest BCUT2D eigenvalue weighted by atomic mass is 32.2. The van der Waals surface area contributed by atoms with Crippen molar-refractivity contribution < 1.29 is 26.9 Å². The van der Waals surface area contributed by atoms with Gasteiger partial charge in [-0.05, 0) is 12.5 Å². The Morgan fingerprint density at radius 2 is 2.09 bits per heavy atom. The number of fused-ring (bicyclic) bond motifs is 2. The Balaban J connectivity index is 1.56. The Bertz CT molecular complexity index is 1240. The second kappa shape index (κ2) is 10.4. The van der Waals surface area contributed by atoms with E-state index < -0.39 is 22.8 Å². The average molecular weight is 532 g/mol. The summed E-state index contributed by atoms with van der Waals surface area (Å²) in [5.41, 5.74) is 0. The number of halogens is 3. The molecule has 0 aromatic carbocycles. The largest absolute Gasteiger partial charge is 0.462 e. The highest BCUT2D eigenvalue weighted by Crippen LogP contribution is 2.35. The number of hydrogen-bond donors (Lipinski definition) is 1. The van der Waals surface area contributed by atoms with Crippen molar-refractivity contribution >= 4 is 44.1 Å². The summed E-state index contributed by atoms with van der Waals surface area (Å²) in [5.74, 6) is -0.671. The maximum atomic E-state index is 13.2. The molecule has 10 nitrogen and oxygen atoms in total. The van der Waals surface area contributed by atoms with E-state index in [9.17, 15) is 22.2 Å². The second-order valence-electron chi connectivity index (χ2n) is 7.94. The maximum Gasteiger partial charge on any atom is 0.451 e. The van der Waals surface area contributed by atoms with Crippen molar-refractivity contribution in [3.05, 3.63) is 22.6 Å². The van der Waals surface area contributed by atoms with Crippen molar-refractivity contribution in [2.24, 2.45) is 0 Å². The normalized spacial score (nSPS) is 14.7. The van der Waals surface area contributed by atoms with E-state index in [1.54, 1.807) is 0 Å². The number of carbonyl (C=O) groups is 1. The fourth-order valence-corrected chi connectivity index (χ4v) is 5.32. The highest BCUT2D eigenvalue weighted by Gasteiger charge is 2.39. The van der Waals surface area contributed by atoms with Crippen molar-refractivity contribution in [2.75, 3.05) is 36.6 Å². The van der Waals surface area contributed by atoms with E-state index in [0.717, 1.165) is 27.7 Å². The molecule has 0 bridgehead atoms. The number of amides is 1. The molecule has 190 valence electrons. The lowest BCUT2D eigenvalue weighted by Gasteiger charge is -2.29. The fraction of sp³-hybridized carbons (Fsp3) is 0.550.